The number of nitrogens with one attached hydrogen (secondary N) is 1. The number of carbonyl (C=O) groups is 2. The molecule has 7 heterocycles. The molecule has 14 nitrogen and oxygen atoms in total. The Morgan fingerprint density at radius 3 is 2.55 bits per heavy atom. The molecule has 15 heteroatoms. The molecule has 2 fully saturated rings. The number of aliphatic hydroxyl groups is 1. The lowest BCUT2D eigenvalue weighted by atomic mass is 9.73. The third-order valence-corrected chi connectivity index (χ3v) is 14.0. The van der Waals surface area contributed by atoms with Gasteiger partial charge in [0.05, 0.1) is 44.2 Å². The number of piperazine rings is 1. The van der Waals surface area contributed by atoms with Gasteiger partial charge in [0.25, 0.3) is 0 Å². The molecule has 1 spiro atoms. The Labute approximate surface area is 329 Å². The molecule has 0 radical (unpaired) electrons. The molecule has 3 aromatic carbocycles. The molecule has 0 aromatic heterocycles. The maximum Gasteiger partial charge on any atom is 0.331 e. The first-order valence-electron chi connectivity index (χ1n) is 19.0. The Morgan fingerprint density at radius 1 is 1.04 bits per heavy atom. The zero-order valence-electron chi connectivity index (χ0n) is 32.5. The SMILES string of the molecule is CCOc1cc2c(cc1OC)[C@@]1(CS[C@@H]3c4c(OC(C)=O)c(C)c5c(c4[C@H](COC1=O)N1C3[C@H]3c4c(cc(C)c(OC)c4O)C[C@@H]([C@@H]1O)N3C)OCO5)NCC2. The number of esters is 2. The van der Waals surface area contributed by atoms with Gasteiger partial charge in [-0.05, 0) is 75.0 Å². The van der Waals surface area contributed by atoms with E-state index < -0.39 is 47.1 Å². The topological polar surface area (TPSA) is 158 Å². The maximum atomic E-state index is 14.8. The molecule has 7 atom stereocenters. The van der Waals surface area contributed by atoms with E-state index in [4.69, 9.17) is 33.2 Å². The van der Waals surface area contributed by atoms with Gasteiger partial charge in [-0.1, -0.05) is 6.07 Å². The van der Waals surface area contributed by atoms with Crippen molar-refractivity contribution in [3.05, 3.63) is 62.7 Å². The highest BCUT2D eigenvalue weighted by molar-refractivity contribution is 7.99. The molecule has 1 unspecified atom stereocenters. The van der Waals surface area contributed by atoms with Crippen LogP contribution in [0.25, 0.3) is 0 Å². The first-order chi connectivity index (χ1) is 26.9. The van der Waals surface area contributed by atoms with Gasteiger partial charge in [0.2, 0.25) is 6.79 Å². The Morgan fingerprint density at radius 2 is 1.82 bits per heavy atom. The van der Waals surface area contributed by atoms with Gasteiger partial charge in [0, 0.05) is 47.5 Å². The quantitative estimate of drug-likeness (QED) is 0.251. The third kappa shape index (κ3) is 5.16. The Bertz CT molecular complexity index is 2160. The second-order valence-corrected chi connectivity index (χ2v) is 16.5. The van der Waals surface area contributed by atoms with Crippen molar-refractivity contribution in [1.29, 1.82) is 0 Å². The van der Waals surface area contributed by atoms with E-state index in [9.17, 15) is 19.8 Å². The summed E-state index contributed by atoms with van der Waals surface area (Å²) in [7, 11) is 5.10. The first kappa shape index (κ1) is 37.2. The van der Waals surface area contributed by atoms with Crippen molar-refractivity contribution >= 4 is 23.7 Å². The van der Waals surface area contributed by atoms with Crippen LogP contribution in [0.4, 0.5) is 0 Å². The molecule has 0 saturated carbocycles. The van der Waals surface area contributed by atoms with Gasteiger partial charge in [-0.2, -0.15) is 0 Å². The normalized spacial score (nSPS) is 28.8. The minimum Gasteiger partial charge on any atom is -0.504 e. The molecule has 10 rings (SSSR count). The van der Waals surface area contributed by atoms with Crippen LogP contribution >= 0.6 is 11.8 Å². The van der Waals surface area contributed by atoms with E-state index in [0.29, 0.717) is 82.7 Å². The van der Waals surface area contributed by atoms with E-state index in [1.165, 1.54) is 18.7 Å². The number of phenols is 1. The molecule has 0 amide bonds. The maximum absolute atomic E-state index is 14.8. The largest absolute Gasteiger partial charge is 0.504 e. The highest BCUT2D eigenvalue weighted by atomic mass is 32.2. The second kappa shape index (κ2) is 13.6. The highest BCUT2D eigenvalue weighted by Crippen LogP contribution is 2.64. The fourth-order valence-electron chi connectivity index (χ4n) is 10.2. The summed E-state index contributed by atoms with van der Waals surface area (Å²) < 4.78 is 42.3. The van der Waals surface area contributed by atoms with Gasteiger partial charge >= 0.3 is 11.9 Å². The number of fused-ring (bicyclic) bond motifs is 9. The number of hydrogen-bond donors (Lipinski definition) is 3. The van der Waals surface area contributed by atoms with Gasteiger partial charge in [0.15, 0.2) is 40.0 Å². The van der Waals surface area contributed by atoms with Crippen LogP contribution in [0, 0.1) is 13.8 Å². The van der Waals surface area contributed by atoms with Crippen LogP contribution in [0.15, 0.2) is 18.2 Å². The van der Waals surface area contributed by atoms with Crippen molar-refractivity contribution in [1.82, 2.24) is 15.1 Å². The van der Waals surface area contributed by atoms with Crippen molar-refractivity contribution in [2.24, 2.45) is 0 Å². The predicted octanol–water partition coefficient (Wildman–Crippen LogP) is 4.11. The summed E-state index contributed by atoms with van der Waals surface area (Å²) in [5.74, 6) is 2.03. The van der Waals surface area contributed by atoms with Crippen molar-refractivity contribution in [2.45, 2.75) is 81.7 Å². The number of carbonyl (C=O) groups excluding carboxylic acids is 2. The lowest BCUT2D eigenvalue weighted by molar-refractivity contribution is -0.186. The van der Waals surface area contributed by atoms with Crippen LogP contribution in [0.5, 0.6) is 40.2 Å². The van der Waals surface area contributed by atoms with Crippen molar-refractivity contribution < 1.29 is 53.0 Å². The molecule has 4 bridgehead atoms. The minimum atomic E-state index is -1.31. The van der Waals surface area contributed by atoms with Gasteiger partial charge in [-0.3, -0.25) is 19.9 Å². The smallest absolute Gasteiger partial charge is 0.331 e. The zero-order valence-corrected chi connectivity index (χ0v) is 33.3. The van der Waals surface area contributed by atoms with Crippen LogP contribution in [0.3, 0.4) is 0 Å². The van der Waals surface area contributed by atoms with Gasteiger partial charge in [0.1, 0.15) is 18.6 Å². The number of hydrogen-bond acceptors (Lipinski definition) is 15. The van der Waals surface area contributed by atoms with Crippen LogP contribution < -0.4 is 33.7 Å². The standard InChI is InChI=1S/C41H47N3O11S/c1-8-51-27-13-21-9-10-42-41(23(21)14-26(27)49-6)16-56-38-30-29(37-36(53-17-54-37)19(3)35(30)55-20(4)45)25(15-52-40(41)48)44-32(38)31-28-22(12-24(39(44)47)43(31)5)11-18(2)34(50-7)33(28)46/h11,13-14,24-25,31-32,38-39,42,46-47H,8-10,12,15-17H2,1-7H3/t24-,25-,31+,32?,38+,39-,41+/m0/s1. The molecule has 7 aliphatic rings. The summed E-state index contributed by atoms with van der Waals surface area (Å²) >= 11 is 1.51. The van der Waals surface area contributed by atoms with E-state index in [-0.39, 0.29) is 30.9 Å². The predicted molar refractivity (Wildman–Crippen MR) is 204 cm³/mol. The fourth-order valence-corrected chi connectivity index (χ4v) is 11.9. The summed E-state index contributed by atoms with van der Waals surface area (Å²) in [4.78, 5) is 32.0. The van der Waals surface area contributed by atoms with Crippen LogP contribution in [0.2, 0.25) is 0 Å². The van der Waals surface area contributed by atoms with Crippen molar-refractivity contribution in [3.63, 3.8) is 0 Å². The summed E-state index contributed by atoms with van der Waals surface area (Å²) in [6, 6.07) is 3.70. The molecule has 7 aliphatic heterocycles. The zero-order chi connectivity index (χ0) is 39.4. The molecular formula is C41H47N3O11S. The van der Waals surface area contributed by atoms with E-state index >= 15 is 0 Å². The number of nitrogens with zero attached hydrogens (tertiary/aromatic N) is 2. The number of likely N-dealkylation sites (N-methyl/N-ethyl adjacent to an activating group) is 1. The van der Waals surface area contributed by atoms with Gasteiger partial charge in [-0.25, -0.2) is 4.79 Å². The van der Waals surface area contributed by atoms with Crippen molar-refractivity contribution in [3.8, 4) is 40.2 Å². The van der Waals surface area contributed by atoms with Gasteiger partial charge < -0.3 is 43.4 Å². The minimum absolute atomic E-state index is 0.0494. The first-order valence-corrected chi connectivity index (χ1v) is 20.1. The number of methoxy groups -OCH3 is 2. The van der Waals surface area contributed by atoms with E-state index in [1.54, 1.807) is 14.2 Å². The second-order valence-electron chi connectivity index (χ2n) is 15.3. The average Bonchev–Trinajstić information content (AvgIpc) is 3.67. The average molecular weight is 790 g/mol. The third-order valence-electron chi connectivity index (χ3n) is 12.6. The monoisotopic (exact) mass is 789 g/mol. The molecule has 2 saturated heterocycles. The number of aliphatic hydroxyl groups excluding tert-OH is 1. The molecule has 298 valence electrons. The molecular weight excluding hydrogens is 743 g/mol. The summed E-state index contributed by atoms with van der Waals surface area (Å²) in [6.07, 6.45) is 0.0853. The summed E-state index contributed by atoms with van der Waals surface area (Å²) in [6.45, 7) is 7.76. The molecule has 56 heavy (non-hydrogen) atoms. The highest BCUT2D eigenvalue weighted by Gasteiger charge is 2.61. The number of aryl methyl sites for hydroxylation is 1. The van der Waals surface area contributed by atoms with Crippen molar-refractivity contribution in [2.75, 3.05) is 53.6 Å². The number of benzene rings is 3. The van der Waals surface area contributed by atoms with Crippen LogP contribution in [0.1, 0.15) is 75.7 Å². The fraction of sp³-hybridized carbons (Fsp3) is 0.512. The number of thioether (sulfide) groups is 1. The summed E-state index contributed by atoms with van der Waals surface area (Å²) in [5, 5.41) is 27.7. The molecule has 0 aliphatic carbocycles. The summed E-state index contributed by atoms with van der Waals surface area (Å²) in [5.41, 5.74) is 4.76. The number of rotatable bonds is 5. The van der Waals surface area contributed by atoms with E-state index in [0.717, 1.165) is 22.3 Å². The van der Waals surface area contributed by atoms with Crippen LogP contribution in [-0.2, 0) is 32.7 Å². The molecule has 3 aromatic rings. The van der Waals surface area contributed by atoms with E-state index in [2.05, 4.69) is 10.2 Å². The Hall–Kier alpha value is -4.41. The number of ether oxygens (including phenoxy) is 7. The molecule has 3 N–H and O–H groups in total. The lowest BCUT2D eigenvalue weighted by Crippen LogP contribution is -2.70. The van der Waals surface area contributed by atoms with Gasteiger partial charge in [-0.15, -0.1) is 11.8 Å². The Balaban J connectivity index is 1.30. The number of aromatic hydroxyl groups is 1. The van der Waals surface area contributed by atoms with E-state index in [1.807, 2.05) is 50.9 Å². The lowest BCUT2D eigenvalue weighted by Gasteiger charge is -2.62. The Kier molecular flexibility index (Phi) is 9.04. The van der Waals surface area contributed by atoms with Crippen LogP contribution in [-0.4, -0.2) is 104 Å². The number of phenolic OH excluding ortho intramolecular Hbond substituents is 1.